The molecular formula is C25H26ClN3O3S. The molecule has 0 spiro atoms. The molecule has 0 bridgehead atoms. The van der Waals surface area contributed by atoms with E-state index in [9.17, 15) is 4.79 Å². The maximum atomic E-state index is 13.8. The van der Waals surface area contributed by atoms with Crippen LogP contribution in [0.3, 0.4) is 0 Å². The number of carbonyl (C=O) groups is 1. The number of hydrogen-bond acceptors (Lipinski definition) is 6. The van der Waals surface area contributed by atoms with Crippen LogP contribution in [0.15, 0.2) is 72.8 Å². The second kappa shape index (κ2) is 11.1. The normalized spacial score (nSPS) is 10.7. The van der Waals surface area contributed by atoms with E-state index in [2.05, 4.69) is 0 Å². The zero-order chi connectivity index (χ0) is 22.5. The Morgan fingerprint density at radius 2 is 1.61 bits per heavy atom. The number of benzene rings is 3. The standard InChI is InChI=1S/C25H25N3O3S.ClH/c1-27(2)16-17-28(25-26-23-21(30-3)14-9-15-22(23)32-25)24(29)19-12-7-8-13-20(19)31-18-10-5-4-6-11-18;/h4-15H,16-17H2,1-3H3;1H. The van der Waals surface area contributed by atoms with Crippen LogP contribution < -0.4 is 14.4 Å². The summed E-state index contributed by atoms with van der Waals surface area (Å²) in [6.45, 7) is 1.19. The molecule has 6 nitrogen and oxygen atoms in total. The summed E-state index contributed by atoms with van der Waals surface area (Å²) in [7, 11) is 5.59. The fourth-order valence-electron chi connectivity index (χ4n) is 3.27. The van der Waals surface area contributed by atoms with Crippen LogP contribution in [0.1, 0.15) is 10.4 Å². The van der Waals surface area contributed by atoms with Crippen molar-refractivity contribution in [2.75, 3.05) is 39.2 Å². The number of anilines is 1. The minimum Gasteiger partial charge on any atom is -0.494 e. The lowest BCUT2D eigenvalue weighted by atomic mass is 10.1. The molecule has 33 heavy (non-hydrogen) atoms. The molecule has 0 radical (unpaired) electrons. The Bertz CT molecular complexity index is 1210. The molecule has 8 heteroatoms. The molecule has 3 aromatic carbocycles. The highest BCUT2D eigenvalue weighted by atomic mass is 35.5. The monoisotopic (exact) mass is 483 g/mol. The largest absolute Gasteiger partial charge is 0.494 e. The molecule has 0 fully saturated rings. The Kier molecular flexibility index (Phi) is 8.27. The quantitative estimate of drug-likeness (QED) is 0.320. The molecule has 1 heterocycles. The van der Waals surface area contributed by atoms with Gasteiger partial charge in [-0.05, 0) is 50.5 Å². The summed E-state index contributed by atoms with van der Waals surface area (Å²) < 4.78 is 12.5. The highest BCUT2D eigenvalue weighted by Crippen LogP contribution is 2.35. The fourth-order valence-corrected chi connectivity index (χ4v) is 4.28. The van der Waals surface area contributed by atoms with E-state index in [1.807, 2.05) is 85.7 Å². The van der Waals surface area contributed by atoms with Gasteiger partial charge in [0.2, 0.25) is 0 Å². The van der Waals surface area contributed by atoms with E-state index in [1.54, 1.807) is 18.1 Å². The number of fused-ring (bicyclic) bond motifs is 1. The highest BCUT2D eigenvalue weighted by molar-refractivity contribution is 7.22. The van der Waals surface area contributed by atoms with Crippen molar-refractivity contribution < 1.29 is 14.3 Å². The SMILES string of the molecule is COc1cccc2sc(N(CCN(C)C)C(=O)c3ccccc3Oc3ccccc3)nc12.Cl. The first-order chi connectivity index (χ1) is 15.6. The first-order valence-electron chi connectivity index (χ1n) is 10.3. The molecule has 0 atom stereocenters. The third kappa shape index (κ3) is 5.63. The fraction of sp³-hybridized carbons (Fsp3) is 0.200. The zero-order valence-electron chi connectivity index (χ0n) is 18.7. The van der Waals surface area contributed by atoms with E-state index < -0.39 is 0 Å². The Morgan fingerprint density at radius 1 is 0.909 bits per heavy atom. The van der Waals surface area contributed by atoms with E-state index in [-0.39, 0.29) is 18.3 Å². The Morgan fingerprint density at radius 3 is 2.33 bits per heavy atom. The lowest BCUT2D eigenvalue weighted by Crippen LogP contribution is -2.36. The van der Waals surface area contributed by atoms with Gasteiger partial charge in [-0.3, -0.25) is 9.69 Å². The summed E-state index contributed by atoms with van der Waals surface area (Å²) in [4.78, 5) is 22.3. The van der Waals surface area contributed by atoms with Crippen molar-refractivity contribution in [2.45, 2.75) is 0 Å². The minimum absolute atomic E-state index is 0. The van der Waals surface area contributed by atoms with Crippen LogP contribution in [0.5, 0.6) is 17.2 Å². The van der Waals surface area contributed by atoms with Crippen LogP contribution in [0.25, 0.3) is 10.2 Å². The first-order valence-corrected chi connectivity index (χ1v) is 11.1. The number of para-hydroxylation sites is 3. The van der Waals surface area contributed by atoms with E-state index in [1.165, 1.54) is 11.3 Å². The molecule has 0 N–H and O–H groups in total. The zero-order valence-corrected chi connectivity index (χ0v) is 20.4. The highest BCUT2D eigenvalue weighted by Gasteiger charge is 2.25. The van der Waals surface area contributed by atoms with E-state index in [0.29, 0.717) is 41.0 Å². The number of rotatable bonds is 8. The van der Waals surface area contributed by atoms with Gasteiger partial charge in [0.15, 0.2) is 5.13 Å². The maximum Gasteiger partial charge on any atom is 0.263 e. The van der Waals surface area contributed by atoms with Crippen molar-refractivity contribution in [2.24, 2.45) is 0 Å². The van der Waals surface area contributed by atoms with Crippen LogP contribution in [0, 0.1) is 0 Å². The molecule has 172 valence electrons. The van der Waals surface area contributed by atoms with Gasteiger partial charge in [0, 0.05) is 13.1 Å². The summed E-state index contributed by atoms with van der Waals surface area (Å²) in [5, 5.41) is 0.630. The average Bonchev–Trinajstić information content (AvgIpc) is 3.24. The molecule has 0 unspecified atom stereocenters. The number of aromatic nitrogens is 1. The van der Waals surface area contributed by atoms with Crippen LogP contribution in [-0.2, 0) is 0 Å². The Labute approximate surface area is 203 Å². The maximum absolute atomic E-state index is 13.8. The molecule has 1 aromatic heterocycles. The molecule has 4 aromatic rings. The summed E-state index contributed by atoms with van der Waals surface area (Å²) in [5.74, 6) is 1.73. The second-order valence-electron chi connectivity index (χ2n) is 7.47. The second-order valence-corrected chi connectivity index (χ2v) is 8.48. The number of nitrogens with zero attached hydrogens (tertiary/aromatic N) is 3. The van der Waals surface area contributed by atoms with Crippen molar-refractivity contribution in [3.63, 3.8) is 0 Å². The number of methoxy groups -OCH3 is 1. The van der Waals surface area contributed by atoms with Crippen LogP contribution in [0.4, 0.5) is 5.13 Å². The predicted molar refractivity (Wildman–Crippen MR) is 137 cm³/mol. The molecule has 0 saturated heterocycles. The molecule has 4 rings (SSSR count). The molecule has 0 aliphatic heterocycles. The van der Waals surface area contributed by atoms with Crippen molar-refractivity contribution >= 4 is 45.0 Å². The number of thiazole rings is 1. The van der Waals surface area contributed by atoms with Gasteiger partial charge in [-0.25, -0.2) is 4.98 Å². The number of halogens is 1. The van der Waals surface area contributed by atoms with E-state index in [0.717, 1.165) is 10.2 Å². The van der Waals surface area contributed by atoms with Gasteiger partial charge in [-0.1, -0.05) is 47.7 Å². The third-order valence-electron chi connectivity index (χ3n) is 4.93. The van der Waals surface area contributed by atoms with Crippen molar-refractivity contribution in [3.05, 3.63) is 78.4 Å². The molecule has 0 aliphatic rings. The van der Waals surface area contributed by atoms with Gasteiger partial charge in [0.05, 0.1) is 17.4 Å². The van der Waals surface area contributed by atoms with Gasteiger partial charge in [0.1, 0.15) is 22.8 Å². The predicted octanol–water partition coefficient (Wildman–Crippen LogP) is 5.73. The topological polar surface area (TPSA) is 54.9 Å². The Balaban J connectivity index is 0.00000306. The number of likely N-dealkylation sites (N-methyl/N-ethyl adjacent to an activating group) is 1. The first kappa shape index (κ1) is 24.5. The van der Waals surface area contributed by atoms with Gasteiger partial charge in [0.25, 0.3) is 5.91 Å². The van der Waals surface area contributed by atoms with Gasteiger partial charge < -0.3 is 14.4 Å². The minimum atomic E-state index is -0.156. The summed E-state index contributed by atoms with van der Waals surface area (Å²) in [5.41, 5.74) is 1.24. The van der Waals surface area contributed by atoms with Crippen molar-refractivity contribution in [1.29, 1.82) is 0 Å². The average molecular weight is 484 g/mol. The van der Waals surface area contributed by atoms with Gasteiger partial charge in [-0.2, -0.15) is 0 Å². The smallest absolute Gasteiger partial charge is 0.263 e. The molecule has 0 aliphatic carbocycles. The number of carbonyl (C=O) groups excluding carboxylic acids is 1. The lowest BCUT2D eigenvalue weighted by Gasteiger charge is -2.23. The van der Waals surface area contributed by atoms with Gasteiger partial charge >= 0.3 is 0 Å². The van der Waals surface area contributed by atoms with E-state index in [4.69, 9.17) is 14.5 Å². The van der Waals surface area contributed by atoms with Crippen LogP contribution in [-0.4, -0.2) is 50.1 Å². The number of hydrogen-bond donors (Lipinski definition) is 0. The molecular weight excluding hydrogens is 458 g/mol. The molecule has 1 amide bonds. The van der Waals surface area contributed by atoms with E-state index >= 15 is 0 Å². The van der Waals surface area contributed by atoms with Crippen molar-refractivity contribution in [3.8, 4) is 17.2 Å². The number of ether oxygens (including phenoxy) is 2. The van der Waals surface area contributed by atoms with Gasteiger partial charge in [-0.15, -0.1) is 12.4 Å². The number of amides is 1. The third-order valence-corrected chi connectivity index (χ3v) is 5.97. The summed E-state index contributed by atoms with van der Waals surface area (Å²) in [6, 6.07) is 22.6. The van der Waals surface area contributed by atoms with Crippen LogP contribution in [0.2, 0.25) is 0 Å². The Hall–Kier alpha value is -3.13. The van der Waals surface area contributed by atoms with Crippen LogP contribution >= 0.6 is 23.7 Å². The van der Waals surface area contributed by atoms with Crippen molar-refractivity contribution in [1.82, 2.24) is 9.88 Å². The lowest BCUT2D eigenvalue weighted by molar-refractivity contribution is 0.0983. The summed E-state index contributed by atoms with van der Waals surface area (Å²) >= 11 is 1.47. The molecule has 0 saturated carbocycles. The summed E-state index contributed by atoms with van der Waals surface area (Å²) in [6.07, 6.45) is 0.